The molecule has 0 spiro atoms. The first-order chi connectivity index (χ1) is 8.20. The van der Waals surface area contributed by atoms with Crippen LogP contribution in [0.15, 0.2) is 6.20 Å². The van der Waals surface area contributed by atoms with Gasteiger partial charge in [0.2, 0.25) is 5.95 Å². The van der Waals surface area contributed by atoms with Gasteiger partial charge >= 0.3 is 0 Å². The molecular weight excluding hydrogens is 216 g/mol. The summed E-state index contributed by atoms with van der Waals surface area (Å²) in [7, 11) is 1.74. The average molecular weight is 238 g/mol. The molecule has 1 atom stereocenters. The molecule has 96 valence electrons. The first-order valence-corrected chi connectivity index (χ1v) is 6.24. The minimum Gasteiger partial charge on any atom is -0.385 e. The highest BCUT2D eigenvalue weighted by atomic mass is 16.5. The third kappa shape index (κ3) is 2.98. The molecule has 1 aliphatic rings. The van der Waals surface area contributed by atoms with Crippen LogP contribution in [0.25, 0.3) is 0 Å². The Morgan fingerprint density at radius 3 is 3.06 bits per heavy atom. The van der Waals surface area contributed by atoms with Crippen molar-refractivity contribution >= 4 is 5.95 Å². The summed E-state index contributed by atoms with van der Waals surface area (Å²) < 4.78 is 7.30. The number of hydrogen-bond donors (Lipinski definition) is 1. The van der Waals surface area contributed by atoms with E-state index in [-0.39, 0.29) is 0 Å². The van der Waals surface area contributed by atoms with E-state index in [1.807, 2.05) is 6.92 Å². The van der Waals surface area contributed by atoms with Crippen molar-refractivity contribution in [3.8, 4) is 0 Å². The number of anilines is 1. The summed E-state index contributed by atoms with van der Waals surface area (Å²) in [5.41, 5.74) is 7.01. The van der Waals surface area contributed by atoms with Crippen LogP contribution in [0.1, 0.15) is 18.5 Å². The molecule has 17 heavy (non-hydrogen) atoms. The standard InChI is InChI=1S/C12H22N4O/c1-10-8-15(5-3-7-17-2)12(14-10)16-6-4-11(13)9-16/h8,11H,3-7,9,13H2,1-2H3. The fourth-order valence-corrected chi connectivity index (χ4v) is 2.30. The van der Waals surface area contributed by atoms with Crippen LogP contribution >= 0.6 is 0 Å². The second-order valence-corrected chi connectivity index (χ2v) is 4.72. The monoisotopic (exact) mass is 238 g/mol. The lowest BCUT2D eigenvalue weighted by Gasteiger charge is -2.18. The summed E-state index contributed by atoms with van der Waals surface area (Å²) in [6.45, 7) is 5.71. The highest BCUT2D eigenvalue weighted by Gasteiger charge is 2.23. The molecule has 5 nitrogen and oxygen atoms in total. The molecule has 1 fully saturated rings. The van der Waals surface area contributed by atoms with Crippen LogP contribution < -0.4 is 10.6 Å². The summed E-state index contributed by atoms with van der Waals surface area (Å²) in [4.78, 5) is 6.88. The van der Waals surface area contributed by atoms with Crippen molar-refractivity contribution in [2.24, 2.45) is 5.73 Å². The SMILES string of the molecule is COCCCn1cc(C)nc1N1CCC(N)C1. The van der Waals surface area contributed by atoms with Crippen LogP contribution in [0.2, 0.25) is 0 Å². The Morgan fingerprint density at radius 1 is 1.59 bits per heavy atom. The third-order valence-corrected chi connectivity index (χ3v) is 3.13. The van der Waals surface area contributed by atoms with Gasteiger partial charge < -0.3 is 19.9 Å². The van der Waals surface area contributed by atoms with Crippen LogP contribution in [0.4, 0.5) is 5.95 Å². The van der Waals surface area contributed by atoms with Gasteiger partial charge in [-0.2, -0.15) is 0 Å². The molecule has 0 amide bonds. The van der Waals surface area contributed by atoms with Gasteiger partial charge in [-0.15, -0.1) is 0 Å². The second-order valence-electron chi connectivity index (χ2n) is 4.72. The Hall–Kier alpha value is -1.07. The zero-order valence-corrected chi connectivity index (χ0v) is 10.7. The molecule has 5 heteroatoms. The predicted molar refractivity (Wildman–Crippen MR) is 68.3 cm³/mol. The minimum absolute atomic E-state index is 0.291. The highest BCUT2D eigenvalue weighted by Crippen LogP contribution is 2.19. The molecule has 0 radical (unpaired) electrons. The largest absolute Gasteiger partial charge is 0.385 e. The normalized spacial score (nSPS) is 20.2. The number of aromatic nitrogens is 2. The average Bonchev–Trinajstić information content (AvgIpc) is 2.85. The van der Waals surface area contributed by atoms with Crippen LogP contribution in [0.5, 0.6) is 0 Å². The summed E-state index contributed by atoms with van der Waals surface area (Å²) in [6.07, 6.45) is 4.18. The molecule has 1 unspecified atom stereocenters. The molecule has 1 aliphatic heterocycles. The lowest BCUT2D eigenvalue weighted by molar-refractivity contribution is 0.190. The Balaban J connectivity index is 2.04. The molecule has 2 rings (SSSR count). The maximum atomic E-state index is 5.94. The first-order valence-electron chi connectivity index (χ1n) is 6.24. The molecule has 1 saturated heterocycles. The summed E-state index contributed by atoms with van der Waals surface area (Å²) in [6, 6.07) is 0.291. The van der Waals surface area contributed by atoms with Crippen LogP contribution in [-0.4, -0.2) is 42.4 Å². The first kappa shape index (κ1) is 12.4. The van der Waals surface area contributed by atoms with Crippen LogP contribution in [0, 0.1) is 6.92 Å². The lowest BCUT2D eigenvalue weighted by atomic mass is 10.3. The number of rotatable bonds is 5. The highest BCUT2D eigenvalue weighted by molar-refractivity contribution is 5.35. The molecule has 0 saturated carbocycles. The van der Waals surface area contributed by atoms with E-state index in [2.05, 4.69) is 20.6 Å². The number of aryl methyl sites for hydroxylation is 2. The number of nitrogens with two attached hydrogens (primary N) is 1. The van der Waals surface area contributed by atoms with Gasteiger partial charge in [-0.1, -0.05) is 0 Å². The fourth-order valence-electron chi connectivity index (χ4n) is 2.30. The molecule has 0 aliphatic carbocycles. The van der Waals surface area contributed by atoms with E-state index in [4.69, 9.17) is 10.5 Å². The molecule has 2 heterocycles. The quantitative estimate of drug-likeness (QED) is 0.770. The molecule has 1 aromatic rings. The number of ether oxygens (including phenoxy) is 1. The van der Waals surface area contributed by atoms with E-state index in [9.17, 15) is 0 Å². The third-order valence-electron chi connectivity index (χ3n) is 3.13. The van der Waals surface area contributed by atoms with E-state index < -0.39 is 0 Å². The van der Waals surface area contributed by atoms with Gasteiger partial charge in [0.1, 0.15) is 0 Å². The zero-order chi connectivity index (χ0) is 12.3. The molecule has 0 aromatic carbocycles. The number of methoxy groups -OCH3 is 1. The predicted octanol–water partition coefficient (Wildman–Crippen LogP) is 0.765. The van der Waals surface area contributed by atoms with Crippen molar-refractivity contribution in [3.63, 3.8) is 0 Å². The lowest BCUT2D eigenvalue weighted by Crippen LogP contribution is -2.28. The van der Waals surface area contributed by atoms with Crippen LogP contribution in [-0.2, 0) is 11.3 Å². The van der Waals surface area contributed by atoms with Crippen LogP contribution in [0.3, 0.4) is 0 Å². The van der Waals surface area contributed by atoms with Gasteiger partial charge in [0.15, 0.2) is 0 Å². The van der Waals surface area contributed by atoms with Gasteiger partial charge in [-0.25, -0.2) is 4.98 Å². The van der Waals surface area contributed by atoms with Crippen molar-refractivity contribution in [1.82, 2.24) is 9.55 Å². The molecular formula is C12H22N4O. The van der Waals surface area contributed by atoms with Crippen molar-refractivity contribution in [3.05, 3.63) is 11.9 Å². The number of nitrogens with zero attached hydrogens (tertiary/aromatic N) is 3. The summed E-state index contributed by atoms with van der Waals surface area (Å²) >= 11 is 0. The molecule has 0 bridgehead atoms. The number of hydrogen-bond acceptors (Lipinski definition) is 4. The Labute approximate surface area is 103 Å². The van der Waals surface area contributed by atoms with Crippen molar-refractivity contribution in [1.29, 1.82) is 0 Å². The maximum absolute atomic E-state index is 5.94. The van der Waals surface area contributed by atoms with Gasteiger partial charge in [0.05, 0.1) is 5.69 Å². The topological polar surface area (TPSA) is 56.3 Å². The molecule has 1 aromatic heterocycles. The van der Waals surface area contributed by atoms with Gasteiger partial charge in [0, 0.05) is 45.6 Å². The molecule has 2 N–H and O–H groups in total. The van der Waals surface area contributed by atoms with E-state index in [1.54, 1.807) is 7.11 Å². The number of imidazole rings is 1. The smallest absolute Gasteiger partial charge is 0.205 e. The van der Waals surface area contributed by atoms with Crippen molar-refractivity contribution in [2.75, 3.05) is 31.7 Å². The van der Waals surface area contributed by atoms with E-state index in [0.29, 0.717) is 6.04 Å². The Bertz CT molecular complexity index is 363. The van der Waals surface area contributed by atoms with E-state index in [0.717, 1.165) is 50.7 Å². The minimum atomic E-state index is 0.291. The Morgan fingerprint density at radius 2 is 2.41 bits per heavy atom. The second kappa shape index (κ2) is 5.51. The van der Waals surface area contributed by atoms with Gasteiger partial charge in [0.25, 0.3) is 0 Å². The van der Waals surface area contributed by atoms with Gasteiger partial charge in [-0.3, -0.25) is 0 Å². The van der Waals surface area contributed by atoms with Crippen molar-refractivity contribution in [2.45, 2.75) is 32.4 Å². The van der Waals surface area contributed by atoms with Crippen molar-refractivity contribution < 1.29 is 4.74 Å². The summed E-state index contributed by atoms with van der Waals surface area (Å²) in [5, 5.41) is 0. The zero-order valence-electron chi connectivity index (χ0n) is 10.7. The fraction of sp³-hybridized carbons (Fsp3) is 0.750. The summed E-state index contributed by atoms with van der Waals surface area (Å²) in [5.74, 6) is 1.06. The maximum Gasteiger partial charge on any atom is 0.205 e. The van der Waals surface area contributed by atoms with E-state index >= 15 is 0 Å². The van der Waals surface area contributed by atoms with Gasteiger partial charge in [-0.05, 0) is 19.8 Å². The Kier molecular flexibility index (Phi) is 4.02. The van der Waals surface area contributed by atoms with E-state index in [1.165, 1.54) is 0 Å².